The number of carbonyl (C=O) groups is 1. The highest BCUT2D eigenvalue weighted by molar-refractivity contribution is 7.80. The molecule has 0 N–H and O–H groups in total. The number of hydrogen-bond acceptors (Lipinski definition) is 5. The van der Waals surface area contributed by atoms with Crippen molar-refractivity contribution < 1.29 is 14.3 Å². The normalized spacial score (nSPS) is 14.0. The summed E-state index contributed by atoms with van der Waals surface area (Å²) in [6, 6.07) is 16.5. The first kappa shape index (κ1) is 16.1. The summed E-state index contributed by atoms with van der Waals surface area (Å²) in [6.07, 6.45) is 0.477. The van der Waals surface area contributed by atoms with E-state index in [1.165, 1.54) is 5.01 Å². The van der Waals surface area contributed by atoms with Gasteiger partial charge >= 0.3 is 0 Å². The quantitative estimate of drug-likeness (QED) is 0.803. The van der Waals surface area contributed by atoms with Crippen molar-refractivity contribution in [2.75, 3.05) is 13.7 Å². The fourth-order valence-corrected chi connectivity index (χ4v) is 2.45. The van der Waals surface area contributed by atoms with Crippen molar-refractivity contribution in [2.24, 2.45) is 5.10 Å². The molecule has 0 aliphatic carbocycles. The molecule has 0 atom stereocenters. The van der Waals surface area contributed by atoms with Crippen molar-refractivity contribution in [1.29, 1.82) is 0 Å². The summed E-state index contributed by atoms with van der Waals surface area (Å²) in [7, 11) is 1.62. The van der Waals surface area contributed by atoms with E-state index in [1.54, 1.807) is 31.4 Å². The maximum atomic E-state index is 12.6. The Kier molecular flexibility index (Phi) is 4.86. The Morgan fingerprint density at radius 2 is 1.92 bits per heavy atom. The number of thiocarbonyl (C=S) groups is 1. The predicted octanol–water partition coefficient (Wildman–Crippen LogP) is 3.05. The average molecular weight is 340 g/mol. The van der Waals surface area contributed by atoms with E-state index < -0.39 is 0 Å². The SMILES string of the molecule is COc1ccc(CC2=NN(C(=O)c3ccccc3)C(=S)CO2)cc1. The molecular weight excluding hydrogens is 324 g/mol. The molecule has 0 saturated heterocycles. The van der Waals surface area contributed by atoms with Crippen LogP contribution in [0.1, 0.15) is 15.9 Å². The van der Waals surface area contributed by atoms with Crippen LogP contribution in [0.2, 0.25) is 0 Å². The number of hydrazone groups is 1. The van der Waals surface area contributed by atoms with Crippen LogP contribution in [0.15, 0.2) is 59.7 Å². The van der Waals surface area contributed by atoms with Gasteiger partial charge < -0.3 is 9.47 Å². The van der Waals surface area contributed by atoms with Crippen molar-refractivity contribution in [3.8, 4) is 5.75 Å². The Labute approximate surface area is 145 Å². The molecule has 0 aromatic heterocycles. The first-order valence-corrected chi connectivity index (χ1v) is 7.84. The minimum absolute atomic E-state index is 0.170. The second-order valence-electron chi connectivity index (χ2n) is 5.18. The first-order chi connectivity index (χ1) is 11.7. The molecule has 0 unspecified atom stereocenters. The lowest BCUT2D eigenvalue weighted by Crippen LogP contribution is -2.39. The largest absolute Gasteiger partial charge is 0.497 e. The summed E-state index contributed by atoms with van der Waals surface area (Å²) in [4.78, 5) is 12.9. The minimum Gasteiger partial charge on any atom is -0.497 e. The zero-order valence-corrected chi connectivity index (χ0v) is 14.0. The third-order valence-electron chi connectivity index (χ3n) is 3.54. The number of ether oxygens (including phenoxy) is 2. The van der Waals surface area contributed by atoms with Crippen LogP contribution in [-0.2, 0) is 11.2 Å². The van der Waals surface area contributed by atoms with Gasteiger partial charge in [0.25, 0.3) is 5.91 Å². The van der Waals surface area contributed by atoms with Gasteiger partial charge in [-0.2, -0.15) is 5.01 Å². The van der Waals surface area contributed by atoms with Crippen molar-refractivity contribution in [2.45, 2.75) is 6.42 Å². The van der Waals surface area contributed by atoms with E-state index in [0.29, 0.717) is 22.9 Å². The van der Waals surface area contributed by atoms with Crippen LogP contribution in [0.5, 0.6) is 5.75 Å². The summed E-state index contributed by atoms with van der Waals surface area (Å²) in [5.41, 5.74) is 1.55. The molecule has 1 heterocycles. The molecule has 0 spiro atoms. The highest BCUT2D eigenvalue weighted by atomic mass is 32.1. The summed E-state index contributed by atoms with van der Waals surface area (Å²) in [5, 5.41) is 5.53. The second-order valence-corrected chi connectivity index (χ2v) is 5.66. The molecule has 0 radical (unpaired) electrons. The van der Waals surface area contributed by atoms with Crippen LogP contribution in [0.4, 0.5) is 0 Å². The predicted molar refractivity (Wildman–Crippen MR) is 95.3 cm³/mol. The molecule has 0 saturated carbocycles. The minimum atomic E-state index is -0.254. The van der Waals surface area contributed by atoms with E-state index in [-0.39, 0.29) is 12.5 Å². The molecule has 2 aromatic rings. The standard InChI is InChI=1S/C18H16N2O3S/c1-22-15-9-7-13(8-10-15)11-16-19-20(17(24)12-23-16)18(21)14-5-3-2-4-6-14/h2-10H,11-12H2,1H3. The maximum Gasteiger partial charge on any atom is 0.279 e. The molecule has 1 aliphatic rings. The summed E-state index contributed by atoms with van der Waals surface area (Å²) >= 11 is 5.21. The topological polar surface area (TPSA) is 51.1 Å². The van der Waals surface area contributed by atoms with Crippen LogP contribution in [0, 0.1) is 0 Å². The molecule has 2 aromatic carbocycles. The van der Waals surface area contributed by atoms with E-state index in [2.05, 4.69) is 5.10 Å². The molecule has 3 rings (SSSR count). The van der Waals surface area contributed by atoms with Gasteiger partial charge in [-0.15, -0.1) is 5.10 Å². The van der Waals surface area contributed by atoms with Crippen molar-refractivity contribution in [3.05, 3.63) is 65.7 Å². The number of carbonyl (C=O) groups excluding carboxylic acids is 1. The highest BCUT2D eigenvalue weighted by Gasteiger charge is 2.25. The Morgan fingerprint density at radius 3 is 2.58 bits per heavy atom. The summed E-state index contributed by atoms with van der Waals surface area (Å²) in [5.74, 6) is 0.987. The van der Waals surface area contributed by atoms with Crippen LogP contribution < -0.4 is 4.74 Å². The number of amides is 1. The first-order valence-electron chi connectivity index (χ1n) is 7.43. The highest BCUT2D eigenvalue weighted by Crippen LogP contribution is 2.15. The molecule has 1 aliphatic heterocycles. The third-order valence-corrected chi connectivity index (χ3v) is 3.83. The van der Waals surface area contributed by atoms with Crippen LogP contribution in [-0.4, -0.2) is 35.5 Å². The van der Waals surface area contributed by atoms with Gasteiger partial charge in [0, 0.05) is 5.56 Å². The Morgan fingerprint density at radius 1 is 1.21 bits per heavy atom. The lowest BCUT2D eigenvalue weighted by atomic mass is 10.1. The van der Waals surface area contributed by atoms with Crippen LogP contribution in [0.3, 0.4) is 0 Å². The number of rotatable bonds is 4. The van der Waals surface area contributed by atoms with E-state index >= 15 is 0 Å². The summed E-state index contributed by atoms with van der Waals surface area (Å²) in [6.45, 7) is 0.170. The average Bonchev–Trinajstić information content (AvgIpc) is 2.64. The molecule has 0 fully saturated rings. The fourth-order valence-electron chi connectivity index (χ4n) is 2.27. The molecule has 5 nitrogen and oxygen atoms in total. The van der Waals surface area contributed by atoms with Gasteiger partial charge in [0.05, 0.1) is 13.5 Å². The molecular formula is C18H16N2O3S. The van der Waals surface area contributed by atoms with Gasteiger partial charge in [-0.05, 0) is 29.8 Å². The van der Waals surface area contributed by atoms with Gasteiger partial charge in [0.1, 0.15) is 17.3 Å². The van der Waals surface area contributed by atoms with E-state index in [4.69, 9.17) is 21.7 Å². The van der Waals surface area contributed by atoms with Gasteiger partial charge in [-0.3, -0.25) is 4.79 Å². The van der Waals surface area contributed by atoms with Crippen molar-refractivity contribution in [1.82, 2.24) is 5.01 Å². The molecule has 1 amide bonds. The maximum absolute atomic E-state index is 12.6. The Bertz CT molecular complexity index is 773. The summed E-state index contributed by atoms with van der Waals surface area (Å²) < 4.78 is 10.7. The number of methoxy groups -OCH3 is 1. The van der Waals surface area contributed by atoms with Gasteiger partial charge in [-0.1, -0.05) is 42.5 Å². The van der Waals surface area contributed by atoms with Gasteiger partial charge in [0.2, 0.25) is 5.90 Å². The van der Waals surface area contributed by atoms with E-state index in [9.17, 15) is 4.79 Å². The second kappa shape index (κ2) is 7.23. The zero-order valence-electron chi connectivity index (χ0n) is 13.1. The number of benzene rings is 2. The molecule has 6 heteroatoms. The third kappa shape index (κ3) is 3.60. The molecule has 0 bridgehead atoms. The Balaban J connectivity index is 1.78. The molecule has 24 heavy (non-hydrogen) atoms. The lowest BCUT2D eigenvalue weighted by Gasteiger charge is -2.24. The fraction of sp³-hybridized carbons (Fsp3) is 0.167. The lowest BCUT2D eigenvalue weighted by molar-refractivity contribution is 0.0831. The van der Waals surface area contributed by atoms with E-state index in [0.717, 1.165) is 11.3 Å². The Hall–Kier alpha value is -2.73. The van der Waals surface area contributed by atoms with Crippen molar-refractivity contribution >= 4 is 29.0 Å². The number of hydrogen-bond donors (Lipinski definition) is 0. The van der Waals surface area contributed by atoms with Crippen LogP contribution in [0.25, 0.3) is 0 Å². The van der Waals surface area contributed by atoms with Gasteiger partial charge in [-0.25, -0.2) is 0 Å². The van der Waals surface area contributed by atoms with E-state index in [1.807, 2.05) is 30.3 Å². The molecule has 122 valence electrons. The van der Waals surface area contributed by atoms with Crippen LogP contribution >= 0.6 is 12.2 Å². The van der Waals surface area contributed by atoms with Crippen molar-refractivity contribution in [3.63, 3.8) is 0 Å². The zero-order chi connectivity index (χ0) is 16.9. The smallest absolute Gasteiger partial charge is 0.279 e. The number of nitrogens with zero attached hydrogens (tertiary/aromatic N) is 2. The monoisotopic (exact) mass is 340 g/mol. The van der Waals surface area contributed by atoms with Gasteiger partial charge in [0.15, 0.2) is 0 Å².